The van der Waals surface area contributed by atoms with Crippen molar-refractivity contribution in [2.24, 2.45) is 0 Å². The number of aromatic nitrogens is 1. The fourth-order valence-electron chi connectivity index (χ4n) is 2.28. The molecule has 0 atom stereocenters. The smallest absolute Gasteiger partial charge is 0.337 e. The van der Waals surface area contributed by atoms with E-state index in [-0.39, 0.29) is 24.4 Å². The predicted molar refractivity (Wildman–Crippen MR) is 74.2 cm³/mol. The van der Waals surface area contributed by atoms with Gasteiger partial charge in [-0.05, 0) is 18.2 Å². The maximum atomic E-state index is 11.9. The third kappa shape index (κ3) is 2.29. The summed E-state index contributed by atoms with van der Waals surface area (Å²) in [5, 5.41) is 11.9. The van der Waals surface area contributed by atoms with Gasteiger partial charge in [0.15, 0.2) is 0 Å². The molecule has 7 nitrogen and oxygen atoms in total. The number of rotatable bonds is 2. The molecule has 0 spiro atoms. The molecular formula is C14H11N3O4. The molecule has 0 unspecified atom stereocenters. The standard InChI is InChI=1S/C14H11N3O4/c18-12-4-5-17(14(21)16-12)11-3-1-2-10-9(11)6-8(7-15-10)13(19)20/h1-3,6-7H,4-5H2,(H,19,20)(H,16,18,21). The van der Waals surface area contributed by atoms with Gasteiger partial charge in [0, 0.05) is 24.5 Å². The Labute approximate surface area is 119 Å². The van der Waals surface area contributed by atoms with Gasteiger partial charge in [-0.3, -0.25) is 20.0 Å². The highest BCUT2D eigenvalue weighted by molar-refractivity contribution is 6.10. The van der Waals surface area contributed by atoms with Crippen molar-refractivity contribution >= 4 is 34.5 Å². The molecule has 0 radical (unpaired) electrons. The van der Waals surface area contributed by atoms with Gasteiger partial charge in [0.1, 0.15) is 0 Å². The summed E-state index contributed by atoms with van der Waals surface area (Å²) in [6.07, 6.45) is 1.47. The predicted octanol–water partition coefficient (Wildman–Crippen LogP) is 1.38. The Morgan fingerprint density at radius 2 is 2.14 bits per heavy atom. The molecular weight excluding hydrogens is 274 g/mol. The van der Waals surface area contributed by atoms with Gasteiger partial charge < -0.3 is 5.11 Å². The average molecular weight is 285 g/mol. The van der Waals surface area contributed by atoms with Gasteiger partial charge in [-0.1, -0.05) is 6.07 Å². The fraction of sp³-hybridized carbons (Fsp3) is 0.143. The summed E-state index contributed by atoms with van der Waals surface area (Å²) >= 11 is 0. The van der Waals surface area contributed by atoms with E-state index in [9.17, 15) is 14.4 Å². The molecule has 1 aromatic heterocycles. The van der Waals surface area contributed by atoms with Crippen molar-refractivity contribution in [2.75, 3.05) is 11.4 Å². The molecule has 2 heterocycles. The highest BCUT2D eigenvalue weighted by atomic mass is 16.4. The Hall–Kier alpha value is -2.96. The number of carbonyl (C=O) groups excluding carboxylic acids is 2. The summed E-state index contributed by atoms with van der Waals surface area (Å²) in [7, 11) is 0. The summed E-state index contributed by atoms with van der Waals surface area (Å²) in [6, 6.07) is 6.13. The molecule has 2 N–H and O–H groups in total. The third-order valence-corrected chi connectivity index (χ3v) is 3.29. The van der Waals surface area contributed by atoms with Crippen LogP contribution in [0.25, 0.3) is 10.9 Å². The Kier molecular flexibility index (Phi) is 3.02. The van der Waals surface area contributed by atoms with E-state index < -0.39 is 12.0 Å². The first kappa shape index (κ1) is 13.0. The van der Waals surface area contributed by atoms with Gasteiger partial charge in [-0.15, -0.1) is 0 Å². The van der Waals surface area contributed by atoms with Gasteiger partial charge in [0.05, 0.1) is 16.8 Å². The number of hydrogen-bond acceptors (Lipinski definition) is 4. The SMILES string of the molecule is O=C1CCN(c2cccc3ncc(C(=O)O)cc23)C(=O)N1. The van der Waals surface area contributed by atoms with Gasteiger partial charge in [0.25, 0.3) is 0 Å². The first-order valence-electron chi connectivity index (χ1n) is 6.29. The number of nitrogens with one attached hydrogen (secondary N) is 1. The van der Waals surface area contributed by atoms with Crippen LogP contribution < -0.4 is 10.2 Å². The zero-order valence-corrected chi connectivity index (χ0v) is 10.9. The number of carbonyl (C=O) groups is 3. The number of urea groups is 1. The van der Waals surface area contributed by atoms with Crippen LogP contribution in [0.15, 0.2) is 30.5 Å². The monoisotopic (exact) mass is 285 g/mol. The molecule has 106 valence electrons. The van der Waals surface area contributed by atoms with Crippen LogP contribution >= 0.6 is 0 Å². The van der Waals surface area contributed by atoms with E-state index in [1.807, 2.05) is 0 Å². The van der Waals surface area contributed by atoms with Crippen molar-refractivity contribution in [3.05, 3.63) is 36.0 Å². The molecule has 1 aliphatic rings. The van der Waals surface area contributed by atoms with Crippen molar-refractivity contribution < 1.29 is 19.5 Å². The topological polar surface area (TPSA) is 99.6 Å². The van der Waals surface area contributed by atoms with Crippen molar-refractivity contribution in [2.45, 2.75) is 6.42 Å². The van der Waals surface area contributed by atoms with Crippen molar-refractivity contribution in [1.82, 2.24) is 10.3 Å². The first-order valence-corrected chi connectivity index (χ1v) is 6.29. The summed E-state index contributed by atoms with van der Waals surface area (Å²) < 4.78 is 0. The van der Waals surface area contributed by atoms with Crippen molar-refractivity contribution in [3.63, 3.8) is 0 Å². The lowest BCUT2D eigenvalue weighted by molar-refractivity contribution is -0.120. The van der Waals surface area contributed by atoms with Gasteiger partial charge in [-0.25, -0.2) is 9.59 Å². The number of anilines is 1. The zero-order chi connectivity index (χ0) is 15.0. The Bertz CT molecular complexity index is 772. The number of benzene rings is 1. The van der Waals surface area contributed by atoms with Gasteiger partial charge in [0.2, 0.25) is 5.91 Å². The van der Waals surface area contributed by atoms with Crippen LogP contribution in [-0.4, -0.2) is 34.5 Å². The van der Waals surface area contributed by atoms with Crippen LogP contribution in [-0.2, 0) is 4.79 Å². The molecule has 0 saturated carbocycles. The lowest BCUT2D eigenvalue weighted by Crippen LogP contribution is -2.49. The van der Waals surface area contributed by atoms with Crippen LogP contribution in [0.1, 0.15) is 16.8 Å². The number of pyridine rings is 1. The highest BCUT2D eigenvalue weighted by Gasteiger charge is 2.25. The van der Waals surface area contributed by atoms with Crippen LogP contribution in [0, 0.1) is 0 Å². The normalized spacial score (nSPS) is 15.1. The average Bonchev–Trinajstić information content (AvgIpc) is 2.46. The van der Waals surface area contributed by atoms with E-state index in [2.05, 4.69) is 10.3 Å². The van der Waals surface area contributed by atoms with Crippen LogP contribution in [0.3, 0.4) is 0 Å². The summed E-state index contributed by atoms with van der Waals surface area (Å²) in [5.41, 5.74) is 1.17. The zero-order valence-electron chi connectivity index (χ0n) is 10.9. The largest absolute Gasteiger partial charge is 0.478 e. The number of fused-ring (bicyclic) bond motifs is 1. The van der Waals surface area contributed by atoms with E-state index >= 15 is 0 Å². The van der Waals surface area contributed by atoms with Gasteiger partial charge in [-0.2, -0.15) is 0 Å². The third-order valence-electron chi connectivity index (χ3n) is 3.29. The second kappa shape index (κ2) is 4.86. The summed E-state index contributed by atoms with van der Waals surface area (Å²) in [6.45, 7) is 0.251. The minimum absolute atomic E-state index is 0.0449. The van der Waals surface area contributed by atoms with Gasteiger partial charge >= 0.3 is 12.0 Å². The first-order chi connectivity index (χ1) is 10.1. The number of carboxylic acids is 1. The van der Waals surface area contributed by atoms with Crippen molar-refractivity contribution in [3.8, 4) is 0 Å². The highest BCUT2D eigenvalue weighted by Crippen LogP contribution is 2.27. The number of aromatic carboxylic acids is 1. The maximum Gasteiger partial charge on any atom is 0.337 e. The molecule has 2 aromatic rings. The number of imide groups is 1. The number of amides is 3. The van der Waals surface area contributed by atoms with Crippen LogP contribution in [0.5, 0.6) is 0 Å². The Morgan fingerprint density at radius 3 is 2.86 bits per heavy atom. The Balaban J connectivity index is 2.13. The Morgan fingerprint density at radius 1 is 1.33 bits per heavy atom. The number of carboxylic acid groups (broad SMARTS) is 1. The van der Waals surface area contributed by atoms with E-state index in [4.69, 9.17) is 5.11 Å². The molecule has 3 amide bonds. The number of hydrogen-bond donors (Lipinski definition) is 2. The van der Waals surface area contributed by atoms with Crippen molar-refractivity contribution in [1.29, 1.82) is 0 Å². The lowest BCUT2D eigenvalue weighted by atomic mass is 10.1. The molecule has 3 rings (SSSR count). The van der Waals surface area contributed by atoms with E-state index in [1.54, 1.807) is 18.2 Å². The van der Waals surface area contributed by atoms with E-state index in [0.717, 1.165) is 0 Å². The summed E-state index contributed by atoms with van der Waals surface area (Å²) in [4.78, 5) is 39.7. The van der Waals surface area contributed by atoms with E-state index in [1.165, 1.54) is 17.2 Å². The molecule has 1 aromatic carbocycles. The lowest BCUT2D eigenvalue weighted by Gasteiger charge is -2.27. The second-order valence-corrected chi connectivity index (χ2v) is 4.63. The number of nitrogens with zero attached hydrogens (tertiary/aromatic N) is 2. The molecule has 1 aliphatic heterocycles. The molecule has 0 bridgehead atoms. The molecule has 1 fully saturated rings. The van der Waals surface area contributed by atoms with Crippen LogP contribution in [0.2, 0.25) is 0 Å². The summed E-state index contributed by atoms with van der Waals surface area (Å²) in [5.74, 6) is -1.40. The fourth-order valence-corrected chi connectivity index (χ4v) is 2.28. The molecule has 7 heteroatoms. The second-order valence-electron chi connectivity index (χ2n) is 4.63. The quantitative estimate of drug-likeness (QED) is 0.868. The van der Waals surface area contributed by atoms with Crippen LogP contribution in [0.4, 0.5) is 10.5 Å². The minimum Gasteiger partial charge on any atom is -0.478 e. The molecule has 0 aliphatic carbocycles. The maximum absolute atomic E-state index is 11.9. The molecule has 1 saturated heterocycles. The minimum atomic E-state index is -1.09. The van der Waals surface area contributed by atoms with E-state index in [0.29, 0.717) is 16.6 Å². The molecule has 21 heavy (non-hydrogen) atoms.